The maximum absolute atomic E-state index is 10.5. The smallest absolute Gasteiger partial charge is 0.276 e. The van der Waals surface area contributed by atoms with E-state index in [1.54, 1.807) is 25.3 Å². The van der Waals surface area contributed by atoms with Gasteiger partial charge in [0.25, 0.3) is 5.89 Å². The molecule has 0 fully saturated rings. The van der Waals surface area contributed by atoms with Crippen molar-refractivity contribution in [3.05, 3.63) is 54.4 Å². The van der Waals surface area contributed by atoms with E-state index in [1.807, 2.05) is 25.1 Å². The van der Waals surface area contributed by atoms with Gasteiger partial charge in [0, 0.05) is 25.7 Å². The number of hydrogen-bond acceptors (Lipinski definition) is 7. The third kappa shape index (κ3) is 6.53. The van der Waals surface area contributed by atoms with E-state index in [-0.39, 0.29) is 30.5 Å². The van der Waals surface area contributed by atoms with Crippen LogP contribution >= 0.6 is 24.0 Å². The Bertz CT molecular complexity index is 881. The molecule has 0 saturated carbocycles. The molecule has 0 amide bonds. The summed E-state index contributed by atoms with van der Waals surface area (Å²) in [6.07, 6.45) is 3.76. The highest BCUT2D eigenvalue weighted by Crippen LogP contribution is 2.21. The fraction of sp³-hybridized carbons (Fsp3) is 0.368. The minimum absolute atomic E-state index is 0. The number of rotatable bonds is 8. The molecule has 0 radical (unpaired) electrons. The first-order valence-electron chi connectivity index (χ1n) is 9.11. The number of pyridine rings is 1. The Morgan fingerprint density at radius 1 is 1.24 bits per heavy atom. The molecule has 1 unspecified atom stereocenters. The van der Waals surface area contributed by atoms with Crippen LogP contribution in [0.2, 0.25) is 0 Å². The third-order valence-corrected chi connectivity index (χ3v) is 3.93. The van der Waals surface area contributed by atoms with E-state index in [1.165, 1.54) is 6.26 Å². The van der Waals surface area contributed by atoms with Gasteiger partial charge < -0.3 is 24.7 Å². The lowest BCUT2D eigenvalue weighted by Crippen LogP contribution is -2.39. The van der Waals surface area contributed by atoms with Crippen LogP contribution in [0, 0.1) is 0 Å². The molecule has 29 heavy (non-hydrogen) atoms. The molecule has 0 aromatic carbocycles. The lowest BCUT2D eigenvalue weighted by Gasteiger charge is -2.19. The van der Waals surface area contributed by atoms with Gasteiger partial charge in [-0.05, 0) is 38.1 Å². The molecule has 0 saturated heterocycles. The average molecular weight is 512 g/mol. The number of aliphatic imine (C=N–C) groups is 1. The first-order chi connectivity index (χ1) is 13.6. The topological polar surface area (TPSA) is 122 Å². The number of guanidine groups is 1. The van der Waals surface area contributed by atoms with Crippen LogP contribution in [0.5, 0.6) is 0 Å². The molecule has 1 atom stereocenters. The van der Waals surface area contributed by atoms with E-state index >= 15 is 0 Å². The van der Waals surface area contributed by atoms with Crippen molar-refractivity contribution in [1.82, 2.24) is 25.8 Å². The quantitative estimate of drug-likeness (QED) is 0.239. The van der Waals surface area contributed by atoms with Gasteiger partial charge in [-0.3, -0.25) is 4.98 Å². The maximum atomic E-state index is 10.5. The zero-order chi connectivity index (χ0) is 19.8. The molecule has 0 aliphatic carbocycles. The maximum Gasteiger partial charge on any atom is 0.276 e. The zero-order valence-electron chi connectivity index (χ0n) is 16.3. The first kappa shape index (κ1) is 22.8. The van der Waals surface area contributed by atoms with Crippen molar-refractivity contribution in [2.75, 3.05) is 19.6 Å². The molecular formula is C19H25IN6O3. The summed E-state index contributed by atoms with van der Waals surface area (Å²) in [5.41, 5.74) is -0.541. The van der Waals surface area contributed by atoms with E-state index in [2.05, 4.69) is 30.8 Å². The summed E-state index contributed by atoms with van der Waals surface area (Å²) in [7, 11) is 0. The van der Waals surface area contributed by atoms with Crippen molar-refractivity contribution >= 4 is 29.9 Å². The van der Waals surface area contributed by atoms with Crippen molar-refractivity contribution in [1.29, 1.82) is 0 Å². The summed E-state index contributed by atoms with van der Waals surface area (Å²) in [5, 5.41) is 20.8. The molecule has 3 rings (SSSR count). The highest BCUT2D eigenvalue weighted by Gasteiger charge is 2.26. The summed E-state index contributed by atoms with van der Waals surface area (Å²) in [5.74, 6) is 2.03. The zero-order valence-corrected chi connectivity index (χ0v) is 18.7. The largest absolute Gasteiger partial charge is 0.466 e. The number of furan rings is 1. The molecule has 0 bridgehead atoms. The normalized spacial score (nSPS) is 13.4. The van der Waals surface area contributed by atoms with Crippen LogP contribution in [0.4, 0.5) is 0 Å². The second-order valence-corrected chi connectivity index (χ2v) is 6.35. The summed E-state index contributed by atoms with van der Waals surface area (Å²) < 4.78 is 10.5. The predicted molar refractivity (Wildman–Crippen MR) is 119 cm³/mol. The van der Waals surface area contributed by atoms with Crippen molar-refractivity contribution < 1.29 is 14.0 Å². The molecule has 3 aromatic rings. The van der Waals surface area contributed by atoms with Gasteiger partial charge in [0.1, 0.15) is 17.1 Å². The number of nitrogens with one attached hydrogen (secondary N) is 2. The van der Waals surface area contributed by atoms with Crippen molar-refractivity contribution in [3.8, 4) is 11.6 Å². The van der Waals surface area contributed by atoms with Gasteiger partial charge in [-0.1, -0.05) is 11.2 Å². The molecule has 0 aliphatic rings. The summed E-state index contributed by atoms with van der Waals surface area (Å²) in [4.78, 5) is 13.0. The lowest BCUT2D eigenvalue weighted by molar-refractivity contribution is 0.0437. The SMILES string of the molecule is CCNC(=NCC(C)(O)c1ccco1)NCCc1noc(-c2ccccn2)n1.I. The standard InChI is InChI=1S/C19H24N6O3.HI/c1-3-20-18(23-13-19(2,26)15-8-6-12-27-15)22-11-9-16-24-17(28-25-16)14-7-4-5-10-21-14;/h4-8,10,12,26H,3,9,11,13H2,1-2H3,(H2,20,22,23);1H. The number of hydrogen-bond donors (Lipinski definition) is 3. The Balaban J connectivity index is 0.00000300. The van der Waals surface area contributed by atoms with Gasteiger partial charge in [0.2, 0.25) is 0 Å². The molecule has 3 aromatic heterocycles. The average Bonchev–Trinajstić information content (AvgIpc) is 3.39. The molecule has 3 N–H and O–H groups in total. The highest BCUT2D eigenvalue weighted by molar-refractivity contribution is 14.0. The Kier molecular flexibility index (Phi) is 8.58. The number of aromatic nitrogens is 3. The summed E-state index contributed by atoms with van der Waals surface area (Å²) in [6, 6.07) is 8.98. The molecule has 10 heteroatoms. The Labute approximate surface area is 186 Å². The van der Waals surface area contributed by atoms with Crippen LogP contribution < -0.4 is 10.6 Å². The minimum Gasteiger partial charge on any atom is -0.466 e. The van der Waals surface area contributed by atoms with Crippen molar-refractivity contribution in [3.63, 3.8) is 0 Å². The van der Waals surface area contributed by atoms with E-state index in [4.69, 9.17) is 8.94 Å². The molecule has 156 valence electrons. The Hall–Kier alpha value is -2.47. The second kappa shape index (κ2) is 10.9. The monoisotopic (exact) mass is 512 g/mol. The van der Waals surface area contributed by atoms with Crippen LogP contribution in [0.15, 0.2) is 56.7 Å². The fourth-order valence-corrected chi connectivity index (χ4v) is 2.48. The van der Waals surface area contributed by atoms with Gasteiger partial charge in [0.05, 0.1) is 12.8 Å². The number of halogens is 1. The van der Waals surface area contributed by atoms with Crippen molar-refractivity contribution in [2.24, 2.45) is 4.99 Å². The minimum atomic E-state index is -1.18. The van der Waals surface area contributed by atoms with Gasteiger partial charge in [0.15, 0.2) is 11.8 Å². The van der Waals surface area contributed by atoms with Crippen LogP contribution in [0.3, 0.4) is 0 Å². The van der Waals surface area contributed by atoms with Gasteiger partial charge >= 0.3 is 0 Å². The van der Waals surface area contributed by atoms with Gasteiger partial charge in [-0.15, -0.1) is 24.0 Å². The molecular weight excluding hydrogens is 487 g/mol. The van der Waals surface area contributed by atoms with E-state index in [9.17, 15) is 5.11 Å². The van der Waals surface area contributed by atoms with Crippen LogP contribution in [0.25, 0.3) is 11.6 Å². The van der Waals surface area contributed by atoms with E-state index < -0.39 is 5.60 Å². The molecule has 0 spiro atoms. The lowest BCUT2D eigenvalue weighted by atomic mass is 10.0. The van der Waals surface area contributed by atoms with Gasteiger partial charge in [-0.2, -0.15) is 4.98 Å². The molecule has 0 aliphatic heterocycles. The number of nitrogens with zero attached hydrogens (tertiary/aromatic N) is 4. The van der Waals surface area contributed by atoms with Crippen LogP contribution in [0.1, 0.15) is 25.4 Å². The van der Waals surface area contributed by atoms with E-state index in [0.29, 0.717) is 48.6 Å². The first-order valence-corrected chi connectivity index (χ1v) is 9.11. The van der Waals surface area contributed by atoms with Crippen LogP contribution in [-0.4, -0.2) is 45.8 Å². The van der Waals surface area contributed by atoms with Crippen LogP contribution in [-0.2, 0) is 12.0 Å². The van der Waals surface area contributed by atoms with Crippen molar-refractivity contribution in [2.45, 2.75) is 25.9 Å². The summed E-state index contributed by atoms with van der Waals surface area (Å²) >= 11 is 0. The Morgan fingerprint density at radius 3 is 2.79 bits per heavy atom. The third-order valence-electron chi connectivity index (χ3n) is 3.93. The predicted octanol–water partition coefficient (Wildman–Crippen LogP) is 2.35. The Morgan fingerprint density at radius 2 is 2.10 bits per heavy atom. The number of aliphatic hydroxyl groups is 1. The molecule has 3 heterocycles. The highest BCUT2D eigenvalue weighted by atomic mass is 127. The molecule has 9 nitrogen and oxygen atoms in total. The van der Waals surface area contributed by atoms with E-state index in [0.717, 1.165) is 0 Å². The summed E-state index contributed by atoms with van der Waals surface area (Å²) in [6.45, 7) is 5.04. The fourth-order valence-electron chi connectivity index (χ4n) is 2.48. The van der Waals surface area contributed by atoms with Gasteiger partial charge in [-0.25, -0.2) is 4.99 Å². The second-order valence-electron chi connectivity index (χ2n) is 6.35.